The van der Waals surface area contributed by atoms with Crippen LogP contribution in [0.4, 0.5) is 5.69 Å². The summed E-state index contributed by atoms with van der Waals surface area (Å²) in [5, 5.41) is 0. The number of esters is 1. The van der Waals surface area contributed by atoms with E-state index in [9.17, 15) is 13.2 Å². The van der Waals surface area contributed by atoms with Gasteiger partial charge in [-0.1, -0.05) is 60.7 Å². The molecule has 178 valence electrons. The van der Waals surface area contributed by atoms with Crippen LogP contribution < -0.4 is 9.46 Å². The standard InChI is InChI=1S/C28H25NO5S/c1-20-8-17-26(18-27(20)28(30)33-2)35(31,32)29-24-13-9-22(10-14-24)23-11-15-25(16-12-23)34-19-21-6-4-3-5-7-21/h3-18,29H,19H2,1-2H3. The summed E-state index contributed by atoms with van der Waals surface area (Å²) in [6.07, 6.45) is 0. The third kappa shape index (κ3) is 5.88. The van der Waals surface area contributed by atoms with E-state index in [-0.39, 0.29) is 10.5 Å². The number of benzene rings is 4. The van der Waals surface area contributed by atoms with Gasteiger partial charge in [-0.2, -0.15) is 0 Å². The van der Waals surface area contributed by atoms with Crippen LogP contribution in [-0.2, 0) is 21.4 Å². The zero-order chi connectivity index (χ0) is 24.8. The molecule has 0 atom stereocenters. The average molecular weight is 488 g/mol. The lowest BCUT2D eigenvalue weighted by atomic mass is 10.1. The minimum atomic E-state index is -3.88. The molecule has 0 bridgehead atoms. The van der Waals surface area contributed by atoms with Crippen LogP contribution in [0.25, 0.3) is 11.1 Å². The van der Waals surface area contributed by atoms with Crippen LogP contribution in [0, 0.1) is 6.92 Å². The van der Waals surface area contributed by atoms with E-state index in [1.54, 1.807) is 25.1 Å². The molecule has 35 heavy (non-hydrogen) atoms. The van der Waals surface area contributed by atoms with Crippen molar-refractivity contribution in [1.82, 2.24) is 0 Å². The highest BCUT2D eigenvalue weighted by Gasteiger charge is 2.18. The maximum absolute atomic E-state index is 12.9. The van der Waals surface area contributed by atoms with E-state index in [4.69, 9.17) is 9.47 Å². The molecule has 0 amide bonds. The number of sulfonamides is 1. The number of hydrogen-bond donors (Lipinski definition) is 1. The van der Waals surface area contributed by atoms with Crippen LogP contribution in [0.15, 0.2) is 102 Å². The van der Waals surface area contributed by atoms with Crippen molar-refractivity contribution in [3.63, 3.8) is 0 Å². The molecule has 1 N–H and O–H groups in total. The number of nitrogens with one attached hydrogen (secondary N) is 1. The van der Waals surface area contributed by atoms with Gasteiger partial charge in [0.25, 0.3) is 10.0 Å². The predicted molar refractivity (Wildman–Crippen MR) is 136 cm³/mol. The summed E-state index contributed by atoms with van der Waals surface area (Å²) in [5.41, 5.74) is 4.27. The molecule has 0 saturated carbocycles. The van der Waals surface area contributed by atoms with Gasteiger partial charge >= 0.3 is 5.97 Å². The summed E-state index contributed by atoms with van der Waals surface area (Å²) in [7, 11) is -2.62. The van der Waals surface area contributed by atoms with Crippen LogP contribution in [0.5, 0.6) is 5.75 Å². The highest BCUT2D eigenvalue weighted by molar-refractivity contribution is 7.92. The minimum Gasteiger partial charge on any atom is -0.489 e. The second-order valence-electron chi connectivity index (χ2n) is 7.95. The molecule has 0 aliphatic heterocycles. The van der Waals surface area contributed by atoms with E-state index in [2.05, 4.69) is 4.72 Å². The van der Waals surface area contributed by atoms with Crippen LogP contribution in [0.1, 0.15) is 21.5 Å². The van der Waals surface area contributed by atoms with Crippen molar-refractivity contribution in [3.05, 3.63) is 114 Å². The zero-order valence-electron chi connectivity index (χ0n) is 19.4. The van der Waals surface area contributed by atoms with Crippen molar-refractivity contribution in [2.45, 2.75) is 18.4 Å². The van der Waals surface area contributed by atoms with Gasteiger partial charge in [-0.15, -0.1) is 0 Å². The fraction of sp³-hybridized carbons (Fsp3) is 0.107. The van der Waals surface area contributed by atoms with Crippen LogP contribution in [-0.4, -0.2) is 21.5 Å². The first-order chi connectivity index (χ1) is 16.9. The fourth-order valence-corrected chi connectivity index (χ4v) is 4.61. The smallest absolute Gasteiger partial charge is 0.338 e. The van der Waals surface area contributed by atoms with Crippen LogP contribution in [0.3, 0.4) is 0 Å². The van der Waals surface area contributed by atoms with Crippen LogP contribution >= 0.6 is 0 Å². The second kappa shape index (κ2) is 10.4. The average Bonchev–Trinajstić information content (AvgIpc) is 2.88. The number of ether oxygens (including phenoxy) is 2. The highest BCUT2D eigenvalue weighted by atomic mass is 32.2. The molecular formula is C28H25NO5S. The SMILES string of the molecule is COC(=O)c1cc(S(=O)(=O)Nc2ccc(-c3ccc(OCc4ccccc4)cc3)cc2)ccc1C. The summed E-state index contributed by atoms with van der Waals surface area (Å²) in [6, 6.07) is 29.1. The summed E-state index contributed by atoms with van der Waals surface area (Å²) in [4.78, 5) is 11.9. The molecular weight excluding hydrogens is 462 g/mol. The Labute approximate surface area is 205 Å². The second-order valence-corrected chi connectivity index (χ2v) is 9.63. The lowest BCUT2D eigenvalue weighted by Crippen LogP contribution is -2.14. The Morgan fingerprint density at radius 2 is 1.46 bits per heavy atom. The molecule has 0 aliphatic carbocycles. The summed E-state index contributed by atoms with van der Waals surface area (Å²) in [6.45, 7) is 2.22. The molecule has 6 nitrogen and oxygen atoms in total. The first-order valence-corrected chi connectivity index (χ1v) is 12.4. The molecule has 7 heteroatoms. The van der Waals surface area contributed by atoms with E-state index < -0.39 is 16.0 Å². The van der Waals surface area contributed by atoms with E-state index in [1.807, 2.05) is 66.7 Å². The van der Waals surface area contributed by atoms with Gasteiger partial charge in [-0.3, -0.25) is 4.72 Å². The lowest BCUT2D eigenvalue weighted by molar-refractivity contribution is 0.0599. The molecule has 0 saturated heterocycles. The minimum absolute atomic E-state index is 0.0151. The van der Waals surface area contributed by atoms with E-state index >= 15 is 0 Å². The third-order valence-corrected chi connectivity index (χ3v) is 6.88. The van der Waals surface area contributed by atoms with Crippen molar-refractivity contribution in [2.75, 3.05) is 11.8 Å². The van der Waals surface area contributed by atoms with Gasteiger partial charge in [0.05, 0.1) is 17.6 Å². The normalized spacial score (nSPS) is 11.0. The van der Waals surface area contributed by atoms with Gasteiger partial charge in [-0.05, 0) is 65.6 Å². The van der Waals surface area contributed by atoms with Gasteiger partial charge in [0.15, 0.2) is 0 Å². The van der Waals surface area contributed by atoms with Crippen molar-refractivity contribution in [2.24, 2.45) is 0 Å². The number of anilines is 1. The number of carbonyl (C=O) groups excluding carboxylic acids is 1. The number of hydrogen-bond acceptors (Lipinski definition) is 5. The Morgan fingerprint density at radius 1 is 0.829 bits per heavy atom. The number of rotatable bonds is 8. The van der Waals surface area contributed by atoms with Gasteiger partial charge < -0.3 is 9.47 Å². The van der Waals surface area contributed by atoms with Gasteiger partial charge in [0.1, 0.15) is 12.4 Å². The first-order valence-electron chi connectivity index (χ1n) is 10.9. The molecule has 0 aliphatic rings. The van der Waals surface area contributed by atoms with Crippen molar-refractivity contribution in [3.8, 4) is 16.9 Å². The Bertz CT molecular complexity index is 1410. The fourth-order valence-electron chi connectivity index (χ4n) is 3.53. The molecule has 4 aromatic carbocycles. The zero-order valence-corrected chi connectivity index (χ0v) is 20.2. The molecule has 0 aromatic heterocycles. The molecule has 0 fully saturated rings. The van der Waals surface area contributed by atoms with Gasteiger partial charge in [-0.25, -0.2) is 13.2 Å². The third-order valence-electron chi connectivity index (χ3n) is 5.50. The molecule has 0 spiro atoms. The quantitative estimate of drug-likeness (QED) is 0.316. The maximum atomic E-state index is 12.9. The van der Waals surface area contributed by atoms with E-state index in [0.717, 1.165) is 22.4 Å². The maximum Gasteiger partial charge on any atom is 0.338 e. The monoisotopic (exact) mass is 487 g/mol. The molecule has 0 heterocycles. The Morgan fingerprint density at radius 3 is 2.09 bits per heavy atom. The first kappa shape index (κ1) is 24.0. The number of aryl methyl sites for hydroxylation is 1. The Balaban J connectivity index is 1.44. The molecule has 4 aromatic rings. The molecule has 4 rings (SSSR count). The topological polar surface area (TPSA) is 81.7 Å². The van der Waals surface area contributed by atoms with E-state index in [1.165, 1.54) is 19.2 Å². The van der Waals surface area contributed by atoms with E-state index in [0.29, 0.717) is 17.9 Å². The Kier molecular flexibility index (Phi) is 7.17. The van der Waals surface area contributed by atoms with Crippen molar-refractivity contribution < 1.29 is 22.7 Å². The number of carbonyl (C=O) groups is 1. The summed E-state index contributed by atoms with van der Waals surface area (Å²) in [5.74, 6) is 0.187. The Hall–Kier alpha value is -4.10. The number of methoxy groups -OCH3 is 1. The predicted octanol–water partition coefficient (Wildman–Crippen LogP) is 5.83. The van der Waals surface area contributed by atoms with Crippen LogP contribution in [0.2, 0.25) is 0 Å². The van der Waals surface area contributed by atoms with Crippen molar-refractivity contribution in [1.29, 1.82) is 0 Å². The van der Waals surface area contributed by atoms with Gasteiger partial charge in [0, 0.05) is 5.69 Å². The van der Waals surface area contributed by atoms with Gasteiger partial charge in [0.2, 0.25) is 0 Å². The molecule has 0 radical (unpaired) electrons. The lowest BCUT2D eigenvalue weighted by Gasteiger charge is -2.11. The summed E-state index contributed by atoms with van der Waals surface area (Å²) >= 11 is 0. The summed E-state index contributed by atoms with van der Waals surface area (Å²) < 4.78 is 38.8. The van der Waals surface area contributed by atoms with Crippen molar-refractivity contribution >= 4 is 21.7 Å². The molecule has 0 unspecified atom stereocenters. The largest absolute Gasteiger partial charge is 0.489 e. The highest BCUT2D eigenvalue weighted by Crippen LogP contribution is 2.26.